The summed E-state index contributed by atoms with van der Waals surface area (Å²) in [5.41, 5.74) is 8.68. The molecule has 5 heteroatoms. The van der Waals surface area contributed by atoms with Crippen LogP contribution in [-0.4, -0.2) is 23.1 Å². The number of nitrogens with zero attached hydrogens (tertiary/aromatic N) is 3. The molecule has 2 aromatic rings. The summed E-state index contributed by atoms with van der Waals surface area (Å²) in [6.07, 6.45) is 3.85. The summed E-state index contributed by atoms with van der Waals surface area (Å²) in [7, 11) is 0. The van der Waals surface area contributed by atoms with Crippen molar-refractivity contribution in [2.24, 2.45) is 0 Å². The number of nitrogens with two attached hydrogens (primary N) is 1. The van der Waals surface area contributed by atoms with E-state index in [0.29, 0.717) is 5.15 Å². The summed E-state index contributed by atoms with van der Waals surface area (Å²) in [6, 6.07) is 10.1. The van der Waals surface area contributed by atoms with Crippen LogP contribution >= 0.6 is 11.6 Å². The van der Waals surface area contributed by atoms with E-state index in [1.165, 1.54) is 24.9 Å². The monoisotopic (exact) mass is 288 g/mol. The number of benzene rings is 1. The Morgan fingerprint density at radius 2 is 1.85 bits per heavy atom. The molecule has 3 rings (SSSR count). The van der Waals surface area contributed by atoms with Crippen LogP contribution in [0.5, 0.6) is 0 Å². The van der Waals surface area contributed by atoms with Gasteiger partial charge in [0.1, 0.15) is 5.15 Å². The Morgan fingerprint density at radius 1 is 1.05 bits per heavy atom. The molecule has 0 radical (unpaired) electrons. The number of nitrogen functional groups attached to an aromatic ring is 1. The predicted octanol–water partition coefficient (Wildman–Crippen LogP) is 3.37. The zero-order valence-electron chi connectivity index (χ0n) is 11.2. The first kappa shape index (κ1) is 13.2. The molecule has 1 saturated heterocycles. The molecule has 104 valence electrons. The fourth-order valence-corrected chi connectivity index (χ4v) is 2.79. The number of hydrogen-bond acceptors (Lipinski definition) is 4. The standard InChI is InChI=1S/C15H17ClN4/c16-14-10-13(18-15(17)19-14)11-5-4-6-12(9-11)20-7-2-1-3-8-20/h4-6,9-10H,1-3,7-8H2,(H2,17,18,19). The maximum Gasteiger partial charge on any atom is 0.221 e. The molecule has 0 saturated carbocycles. The molecule has 2 heterocycles. The SMILES string of the molecule is Nc1nc(Cl)cc(-c2cccc(N3CCCCC3)c2)n1. The zero-order valence-corrected chi connectivity index (χ0v) is 12.0. The van der Waals surface area contributed by atoms with Crippen molar-refractivity contribution in [1.29, 1.82) is 0 Å². The van der Waals surface area contributed by atoms with Gasteiger partial charge in [0.15, 0.2) is 0 Å². The van der Waals surface area contributed by atoms with E-state index in [0.717, 1.165) is 24.3 Å². The molecule has 0 aliphatic carbocycles. The first-order valence-corrected chi connectivity index (χ1v) is 7.25. The lowest BCUT2D eigenvalue weighted by molar-refractivity contribution is 0.578. The average Bonchev–Trinajstić information content (AvgIpc) is 2.47. The van der Waals surface area contributed by atoms with Gasteiger partial charge in [-0.1, -0.05) is 23.7 Å². The van der Waals surface area contributed by atoms with Crippen molar-refractivity contribution in [2.45, 2.75) is 19.3 Å². The number of rotatable bonds is 2. The van der Waals surface area contributed by atoms with Gasteiger partial charge in [0.05, 0.1) is 5.69 Å². The van der Waals surface area contributed by atoms with Gasteiger partial charge >= 0.3 is 0 Å². The molecule has 0 spiro atoms. The minimum Gasteiger partial charge on any atom is -0.372 e. The first-order chi connectivity index (χ1) is 9.72. The van der Waals surface area contributed by atoms with Gasteiger partial charge in [0.25, 0.3) is 0 Å². The van der Waals surface area contributed by atoms with Crippen LogP contribution in [0.3, 0.4) is 0 Å². The van der Waals surface area contributed by atoms with Crippen molar-refractivity contribution in [3.05, 3.63) is 35.5 Å². The van der Waals surface area contributed by atoms with Gasteiger partial charge in [-0.2, -0.15) is 0 Å². The molecule has 0 amide bonds. The first-order valence-electron chi connectivity index (χ1n) is 6.88. The summed E-state index contributed by atoms with van der Waals surface area (Å²) in [6.45, 7) is 2.24. The summed E-state index contributed by atoms with van der Waals surface area (Å²) in [5.74, 6) is 0.205. The molecule has 1 aromatic carbocycles. The van der Waals surface area contributed by atoms with E-state index >= 15 is 0 Å². The molecule has 1 aliphatic heterocycles. The number of piperidine rings is 1. The van der Waals surface area contributed by atoms with E-state index < -0.39 is 0 Å². The third-order valence-electron chi connectivity index (χ3n) is 3.58. The van der Waals surface area contributed by atoms with Crippen LogP contribution in [0.25, 0.3) is 11.3 Å². The lowest BCUT2D eigenvalue weighted by atomic mass is 10.1. The van der Waals surface area contributed by atoms with Crippen LogP contribution in [0.15, 0.2) is 30.3 Å². The Bertz CT molecular complexity index is 588. The smallest absolute Gasteiger partial charge is 0.221 e. The van der Waals surface area contributed by atoms with Crippen LogP contribution in [0.4, 0.5) is 11.6 Å². The Kier molecular flexibility index (Phi) is 3.74. The fourth-order valence-electron chi connectivity index (χ4n) is 2.60. The van der Waals surface area contributed by atoms with Crippen molar-refractivity contribution >= 4 is 23.2 Å². The van der Waals surface area contributed by atoms with Gasteiger partial charge in [-0.05, 0) is 31.4 Å². The molecule has 1 fully saturated rings. The summed E-state index contributed by atoms with van der Waals surface area (Å²) in [5, 5.41) is 0.371. The van der Waals surface area contributed by atoms with Gasteiger partial charge in [0.2, 0.25) is 5.95 Å². The maximum atomic E-state index is 5.95. The van der Waals surface area contributed by atoms with Crippen LogP contribution in [0.1, 0.15) is 19.3 Å². The third kappa shape index (κ3) is 2.85. The minimum atomic E-state index is 0.205. The van der Waals surface area contributed by atoms with Crippen LogP contribution in [0.2, 0.25) is 5.15 Å². The van der Waals surface area contributed by atoms with Gasteiger partial charge < -0.3 is 10.6 Å². The molecule has 2 N–H and O–H groups in total. The van der Waals surface area contributed by atoms with Gasteiger partial charge in [-0.15, -0.1) is 0 Å². The fraction of sp³-hybridized carbons (Fsp3) is 0.333. The van der Waals surface area contributed by atoms with E-state index in [1.807, 2.05) is 12.1 Å². The van der Waals surface area contributed by atoms with Crippen LogP contribution < -0.4 is 10.6 Å². The highest BCUT2D eigenvalue weighted by molar-refractivity contribution is 6.29. The van der Waals surface area contributed by atoms with Crippen LogP contribution in [-0.2, 0) is 0 Å². The molecule has 0 atom stereocenters. The Hall–Kier alpha value is -1.81. The summed E-state index contributed by atoms with van der Waals surface area (Å²) < 4.78 is 0. The second-order valence-corrected chi connectivity index (χ2v) is 5.42. The molecule has 0 bridgehead atoms. The Labute approximate surface area is 123 Å². The predicted molar refractivity (Wildman–Crippen MR) is 83.0 cm³/mol. The number of halogens is 1. The Balaban J connectivity index is 1.93. The van der Waals surface area contributed by atoms with Crippen molar-refractivity contribution in [3.8, 4) is 11.3 Å². The van der Waals surface area contributed by atoms with E-state index in [2.05, 4.69) is 27.0 Å². The van der Waals surface area contributed by atoms with Gasteiger partial charge in [0, 0.05) is 30.4 Å². The topological polar surface area (TPSA) is 55.0 Å². The number of aromatic nitrogens is 2. The second-order valence-electron chi connectivity index (χ2n) is 5.03. The quantitative estimate of drug-likeness (QED) is 0.861. The van der Waals surface area contributed by atoms with Crippen molar-refractivity contribution in [2.75, 3.05) is 23.7 Å². The number of anilines is 2. The molecule has 4 nitrogen and oxygen atoms in total. The van der Waals surface area contributed by atoms with Crippen molar-refractivity contribution in [3.63, 3.8) is 0 Å². The van der Waals surface area contributed by atoms with E-state index in [1.54, 1.807) is 6.07 Å². The average molecular weight is 289 g/mol. The van der Waals surface area contributed by atoms with Crippen molar-refractivity contribution < 1.29 is 0 Å². The van der Waals surface area contributed by atoms with E-state index in [9.17, 15) is 0 Å². The van der Waals surface area contributed by atoms with Crippen molar-refractivity contribution in [1.82, 2.24) is 9.97 Å². The highest BCUT2D eigenvalue weighted by atomic mass is 35.5. The molecule has 1 aliphatic rings. The molecular weight excluding hydrogens is 272 g/mol. The zero-order chi connectivity index (χ0) is 13.9. The molecule has 20 heavy (non-hydrogen) atoms. The third-order valence-corrected chi connectivity index (χ3v) is 3.77. The molecule has 1 aromatic heterocycles. The van der Waals surface area contributed by atoms with E-state index in [4.69, 9.17) is 17.3 Å². The Morgan fingerprint density at radius 3 is 2.60 bits per heavy atom. The normalized spacial score (nSPS) is 15.3. The lowest BCUT2D eigenvalue weighted by Crippen LogP contribution is -2.29. The van der Waals surface area contributed by atoms with Gasteiger partial charge in [-0.3, -0.25) is 0 Å². The largest absolute Gasteiger partial charge is 0.372 e. The van der Waals surface area contributed by atoms with E-state index in [-0.39, 0.29) is 5.95 Å². The second kappa shape index (κ2) is 5.67. The lowest BCUT2D eigenvalue weighted by Gasteiger charge is -2.29. The molecular formula is C15H17ClN4. The summed E-state index contributed by atoms with van der Waals surface area (Å²) >= 11 is 5.95. The maximum absolute atomic E-state index is 5.95. The minimum absolute atomic E-state index is 0.205. The molecule has 0 unspecified atom stereocenters. The van der Waals surface area contributed by atoms with Gasteiger partial charge in [-0.25, -0.2) is 9.97 Å². The highest BCUT2D eigenvalue weighted by Crippen LogP contribution is 2.27. The summed E-state index contributed by atoms with van der Waals surface area (Å²) in [4.78, 5) is 10.6. The van der Waals surface area contributed by atoms with Crippen LogP contribution in [0, 0.1) is 0 Å². The highest BCUT2D eigenvalue weighted by Gasteiger charge is 2.12. The number of hydrogen-bond donors (Lipinski definition) is 1.